The van der Waals surface area contributed by atoms with Crippen LogP contribution in [0.4, 0.5) is 0 Å². The summed E-state index contributed by atoms with van der Waals surface area (Å²) in [7, 11) is 5.00. The molecule has 0 N–H and O–H groups in total. The van der Waals surface area contributed by atoms with Gasteiger partial charge in [0.1, 0.15) is 10.8 Å². The smallest absolute Gasteiger partial charge is 0.145 e. The minimum absolute atomic E-state index is 0.261. The lowest BCUT2D eigenvalue weighted by molar-refractivity contribution is -0.182. The van der Waals surface area contributed by atoms with E-state index < -0.39 is 19.0 Å². The second-order valence-electron chi connectivity index (χ2n) is 7.93. The van der Waals surface area contributed by atoms with Crippen LogP contribution in [0.15, 0.2) is 0 Å². The molecule has 0 bridgehead atoms. The zero-order chi connectivity index (χ0) is 23.3. The van der Waals surface area contributed by atoms with Crippen molar-refractivity contribution >= 4 is 50.5 Å². The van der Waals surface area contributed by atoms with E-state index in [1.165, 1.54) is 12.1 Å². The molecular weight excluding hydrogens is 481 g/mol. The van der Waals surface area contributed by atoms with E-state index in [-0.39, 0.29) is 10.8 Å². The molecule has 0 heterocycles. The molecule has 0 saturated carbocycles. The molecule has 0 amide bonds. The molecule has 0 rings (SSSR count). The summed E-state index contributed by atoms with van der Waals surface area (Å²) in [5, 5.41) is 0. The molecule has 188 valence electrons. The van der Waals surface area contributed by atoms with Crippen LogP contribution in [0.25, 0.3) is 0 Å². The summed E-state index contributed by atoms with van der Waals surface area (Å²) in [6.45, 7) is 16.5. The molecular formula is C22H50O4S3Si2. The molecule has 0 radical (unpaired) electrons. The summed E-state index contributed by atoms with van der Waals surface area (Å²) in [5.41, 5.74) is -0.522. The Morgan fingerprint density at radius 1 is 0.548 bits per heavy atom. The van der Waals surface area contributed by atoms with E-state index in [2.05, 4.69) is 41.5 Å². The lowest BCUT2D eigenvalue weighted by Crippen LogP contribution is -2.43. The zero-order valence-electron chi connectivity index (χ0n) is 21.2. The van der Waals surface area contributed by atoms with Gasteiger partial charge in [0.15, 0.2) is 0 Å². The summed E-state index contributed by atoms with van der Waals surface area (Å²) in [6, 6.07) is 2.44. The molecule has 0 fully saturated rings. The second kappa shape index (κ2) is 21.8. The van der Waals surface area contributed by atoms with Gasteiger partial charge in [-0.15, -0.1) is 0 Å². The summed E-state index contributed by atoms with van der Waals surface area (Å²) in [4.78, 5) is 0. The first kappa shape index (κ1) is 32.3. The first-order valence-electron chi connectivity index (χ1n) is 12.5. The highest BCUT2D eigenvalue weighted by atomic mass is 33.5. The molecule has 0 aliphatic heterocycles. The molecule has 0 aromatic heterocycles. The van der Waals surface area contributed by atoms with Crippen molar-refractivity contribution in [3.63, 3.8) is 0 Å². The van der Waals surface area contributed by atoms with Crippen LogP contribution in [0.5, 0.6) is 0 Å². The van der Waals surface area contributed by atoms with E-state index in [9.17, 15) is 0 Å². The van der Waals surface area contributed by atoms with Gasteiger partial charge in [0.25, 0.3) is 0 Å². The van der Waals surface area contributed by atoms with Crippen LogP contribution in [-0.4, -0.2) is 67.8 Å². The number of rotatable bonds is 24. The normalized spacial score (nSPS) is 13.4. The lowest BCUT2D eigenvalue weighted by Gasteiger charge is -2.34. The molecule has 0 aliphatic carbocycles. The third kappa shape index (κ3) is 15.8. The monoisotopic (exact) mass is 530 g/mol. The van der Waals surface area contributed by atoms with Crippen LogP contribution in [0.2, 0.25) is 12.1 Å². The Kier molecular flexibility index (Phi) is 22.8. The van der Waals surface area contributed by atoms with Crippen molar-refractivity contribution in [2.45, 2.75) is 103 Å². The Morgan fingerprint density at radius 2 is 0.871 bits per heavy atom. The maximum atomic E-state index is 6.28. The van der Waals surface area contributed by atoms with Crippen molar-refractivity contribution < 1.29 is 18.9 Å². The van der Waals surface area contributed by atoms with Gasteiger partial charge in [0.05, 0.1) is 19.0 Å². The van der Waals surface area contributed by atoms with Crippen molar-refractivity contribution in [2.24, 2.45) is 0 Å². The van der Waals surface area contributed by atoms with Crippen LogP contribution in [-0.2, 0) is 18.9 Å². The fourth-order valence-corrected chi connectivity index (χ4v) is 11.3. The van der Waals surface area contributed by atoms with Crippen molar-refractivity contribution in [3.05, 3.63) is 0 Å². The fourth-order valence-electron chi connectivity index (χ4n) is 3.32. The summed E-state index contributed by atoms with van der Waals surface area (Å²) in [6.07, 6.45) is 6.23. The third-order valence-electron chi connectivity index (χ3n) is 4.77. The summed E-state index contributed by atoms with van der Waals surface area (Å²) in [5.74, 6) is 2.15. The SMILES string of the molecule is CCCOC(CCSSSCCC(OCCC)(OCCC)[SiH2]CC)(OCCC)[SiH2]CC. The maximum absolute atomic E-state index is 6.28. The quantitative estimate of drug-likeness (QED) is 0.0653. The van der Waals surface area contributed by atoms with E-state index in [0.29, 0.717) is 0 Å². The third-order valence-corrected chi connectivity index (χ3v) is 13.1. The molecule has 0 aromatic rings. The Morgan fingerprint density at radius 3 is 1.13 bits per heavy atom. The first-order valence-corrected chi connectivity index (χ1v) is 19.8. The van der Waals surface area contributed by atoms with Crippen molar-refractivity contribution in [3.8, 4) is 0 Å². The Labute approximate surface area is 209 Å². The Hall–Kier alpha value is 1.32. The Bertz CT molecular complexity index is 346. The standard InChI is InChI=1S/C22H50O4S3Si2/c1-7-15-23-21(30-11-5,24-16-8-2)13-19-27-29-28-20-14-22(31-12-6,25-17-9-3)26-18-10-4/h7-20,30-31H2,1-6H3. The minimum Gasteiger partial charge on any atom is -0.354 e. The van der Waals surface area contributed by atoms with Gasteiger partial charge in [0.2, 0.25) is 0 Å². The van der Waals surface area contributed by atoms with Crippen LogP contribution in [0.3, 0.4) is 0 Å². The van der Waals surface area contributed by atoms with Crippen LogP contribution in [0, 0.1) is 0 Å². The van der Waals surface area contributed by atoms with Gasteiger partial charge in [0, 0.05) is 50.8 Å². The largest absolute Gasteiger partial charge is 0.354 e. The molecule has 0 saturated heterocycles. The van der Waals surface area contributed by atoms with Crippen molar-refractivity contribution in [2.75, 3.05) is 37.9 Å². The maximum Gasteiger partial charge on any atom is 0.145 e. The predicted molar refractivity (Wildman–Crippen MR) is 150 cm³/mol. The summed E-state index contributed by atoms with van der Waals surface area (Å²) < 4.78 is 25.1. The van der Waals surface area contributed by atoms with E-state index in [1.54, 1.807) is 0 Å². The molecule has 0 atom stereocenters. The van der Waals surface area contributed by atoms with Crippen molar-refractivity contribution in [1.82, 2.24) is 0 Å². The highest BCUT2D eigenvalue weighted by Crippen LogP contribution is 2.38. The van der Waals surface area contributed by atoms with Gasteiger partial charge in [-0.2, -0.15) is 0 Å². The van der Waals surface area contributed by atoms with E-state index in [0.717, 1.165) is 76.5 Å². The van der Waals surface area contributed by atoms with Crippen LogP contribution in [0.1, 0.15) is 80.1 Å². The average Bonchev–Trinajstić information content (AvgIpc) is 2.78. The van der Waals surface area contributed by atoms with E-state index in [4.69, 9.17) is 18.9 Å². The van der Waals surface area contributed by atoms with Gasteiger partial charge in [-0.1, -0.05) is 75.2 Å². The van der Waals surface area contributed by atoms with Crippen molar-refractivity contribution in [1.29, 1.82) is 0 Å². The second-order valence-corrected chi connectivity index (χ2v) is 17.6. The van der Waals surface area contributed by atoms with Gasteiger partial charge in [-0.05, 0) is 35.5 Å². The van der Waals surface area contributed by atoms with Gasteiger partial charge >= 0.3 is 0 Å². The minimum atomic E-state index is -0.399. The lowest BCUT2D eigenvalue weighted by atomic mass is 10.4. The Balaban J connectivity index is 4.47. The zero-order valence-corrected chi connectivity index (χ0v) is 26.4. The molecule has 0 aromatic carbocycles. The molecule has 4 nitrogen and oxygen atoms in total. The van der Waals surface area contributed by atoms with Crippen LogP contribution >= 0.6 is 31.4 Å². The number of ether oxygens (including phenoxy) is 4. The molecule has 0 spiro atoms. The topological polar surface area (TPSA) is 36.9 Å². The van der Waals surface area contributed by atoms with E-state index >= 15 is 0 Å². The highest BCUT2D eigenvalue weighted by molar-refractivity contribution is 9.09. The fraction of sp³-hybridized carbons (Fsp3) is 1.00. The molecule has 0 aliphatic rings. The predicted octanol–water partition coefficient (Wildman–Crippen LogP) is 6.02. The average molecular weight is 531 g/mol. The van der Waals surface area contributed by atoms with E-state index in [1.807, 2.05) is 31.4 Å². The molecule has 31 heavy (non-hydrogen) atoms. The summed E-state index contributed by atoms with van der Waals surface area (Å²) >= 11 is 0. The first-order chi connectivity index (χ1) is 15.1. The number of hydrogen-bond donors (Lipinski definition) is 0. The number of hydrogen-bond acceptors (Lipinski definition) is 7. The van der Waals surface area contributed by atoms with Gasteiger partial charge in [-0.3, -0.25) is 0 Å². The molecule has 9 heteroatoms. The highest BCUT2D eigenvalue weighted by Gasteiger charge is 2.32. The van der Waals surface area contributed by atoms with Gasteiger partial charge in [-0.25, -0.2) is 0 Å². The molecule has 0 unspecified atom stereocenters. The van der Waals surface area contributed by atoms with Crippen LogP contribution < -0.4 is 0 Å². The van der Waals surface area contributed by atoms with Gasteiger partial charge < -0.3 is 18.9 Å².